The van der Waals surface area contributed by atoms with Crippen molar-refractivity contribution in [2.75, 3.05) is 0 Å². The number of hydrogen-bond acceptors (Lipinski definition) is 1. The number of thiophene rings is 1. The number of alkyl halides is 1. The molecule has 2 aromatic carbocycles. The van der Waals surface area contributed by atoms with Gasteiger partial charge in [0.05, 0.1) is 4.83 Å². The van der Waals surface area contributed by atoms with Gasteiger partial charge in [-0.1, -0.05) is 22.0 Å². The zero-order valence-corrected chi connectivity index (χ0v) is 12.4. The quantitative estimate of drug-likeness (QED) is 0.508. The molecule has 0 saturated heterocycles. The third-order valence-electron chi connectivity index (χ3n) is 2.98. The van der Waals surface area contributed by atoms with E-state index >= 15 is 0 Å². The van der Waals surface area contributed by atoms with Crippen molar-refractivity contribution in [1.29, 1.82) is 0 Å². The molecular formula is C15H8BrF3S. The molecule has 3 aromatic rings. The molecule has 1 unspecified atom stereocenters. The lowest BCUT2D eigenvalue weighted by molar-refractivity contribution is 0.588. The van der Waals surface area contributed by atoms with Crippen LogP contribution in [0.4, 0.5) is 13.2 Å². The summed E-state index contributed by atoms with van der Waals surface area (Å²) in [5.74, 6) is -1.27. The third-order valence-corrected chi connectivity index (χ3v) is 5.43. The molecule has 0 aliphatic rings. The molecule has 0 amide bonds. The number of benzene rings is 2. The summed E-state index contributed by atoms with van der Waals surface area (Å²) in [5.41, 5.74) is 0.233. The molecule has 0 spiro atoms. The highest BCUT2D eigenvalue weighted by Crippen LogP contribution is 2.39. The van der Waals surface area contributed by atoms with Gasteiger partial charge in [-0.15, -0.1) is 11.3 Å². The van der Waals surface area contributed by atoms with Gasteiger partial charge in [0.1, 0.15) is 17.5 Å². The first-order chi connectivity index (χ1) is 9.54. The van der Waals surface area contributed by atoms with E-state index < -0.39 is 16.5 Å². The van der Waals surface area contributed by atoms with E-state index in [0.717, 1.165) is 27.1 Å². The minimum atomic E-state index is -0.488. The Labute approximate surface area is 126 Å². The van der Waals surface area contributed by atoms with E-state index in [4.69, 9.17) is 0 Å². The van der Waals surface area contributed by atoms with Crippen LogP contribution in [-0.2, 0) is 0 Å². The Morgan fingerprint density at radius 3 is 2.40 bits per heavy atom. The Balaban J connectivity index is 2.07. The summed E-state index contributed by atoms with van der Waals surface area (Å²) in [6.45, 7) is 0. The summed E-state index contributed by atoms with van der Waals surface area (Å²) >= 11 is 4.74. The zero-order valence-electron chi connectivity index (χ0n) is 10.0. The van der Waals surface area contributed by atoms with Crippen molar-refractivity contribution in [3.63, 3.8) is 0 Å². The van der Waals surface area contributed by atoms with Crippen LogP contribution in [0.5, 0.6) is 0 Å². The Hall–Kier alpha value is -1.33. The summed E-state index contributed by atoms with van der Waals surface area (Å²) < 4.78 is 41.0. The number of fused-ring (bicyclic) bond motifs is 1. The number of rotatable bonds is 2. The van der Waals surface area contributed by atoms with Crippen LogP contribution < -0.4 is 0 Å². The maximum absolute atomic E-state index is 13.8. The van der Waals surface area contributed by atoms with Crippen molar-refractivity contribution in [2.24, 2.45) is 0 Å². The predicted octanol–water partition coefficient (Wildman–Crippen LogP) is 5.80. The second kappa shape index (κ2) is 5.22. The van der Waals surface area contributed by atoms with Crippen molar-refractivity contribution in [2.45, 2.75) is 4.83 Å². The third kappa shape index (κ3) is 2.47. The Morgan fingerprint density at radius 2 is 1.60 bits per heavy atom. The van der Waals surface area contributed by atoms with E-state index in [1.807, 2.05) is 6.07 Å². The highest BCUT2D eigenvalue weighted by molar-refractivity contribution is 9.09. The molecule has 20 heavy (non-hydrogen) atoms. The van der Waals surface area contributed by atoms with Crippen LogP contribution in [0.3, 0.4) is 0 Å². The van der Waals surface area contributed by atoms with Gasteiger partial charge in [-0.2, -0.15) is 0 Å². The van der Waals surface area contributed by atoms with Gasteiger partial charge in [0, 0.05) is 15.1 Å². The molecule has 0 fully saturated rings. The van der Waals surface area contributed by atoms with Crippen LogP contribution >= 0.6 is 27.3 Å². The summed E-state index contributed by atoms with van der Waals surface area (Å²) in [4.78, 5) is 0.341. The van der Waals surface area contributed by atoms with Crippen LogP contribution in [0, 0.1) is 17.5 Å². The maximum atomic E-state index is 13.8. The molecule has 0 aliphatic carbocycles. The van der Waals surface area contributed by atoms with Crippen LogP contribution in [0.2, 0.25) is 0 Å². The van der Waals surface area contributed by atoms with E-state index in [2.05, 4.69) is 15.9 Å². The molecule has 1 heterocycles. The lowest BCUT2D eigenvalue weighted by Gasteiger charge is -2.09. The standard InChI is InChI=1S/C15H8BrF3S/c16-15(11-6-9(17)3-4-12(11)19)14-5-8-1-2-10(18)7-13(8)20-14/h1-7,15H. The van der Waals surface area contributed by atoms with Gasteiger partial charge in [0.25, 0.3) is 0 Å². The van der Waals surface area contributed by atoms with Crippen molar-refractivity contribution in [3.8, 4) is 0 Å². The fourth-order valence-corrected chi connectivity index (χ4v) is 3.86. The van der Waals surface area contributed by atoms with E-state index in [1.54, 1.807) is 6.07 Å². The van der Waals surface area contributed by atoms with Gasteiger partial charge < -0.3 is 0 Å². The van der Waals surface area contributed by atoms with Crippen molar-refractivity contribution in [1.82, 2.24) is 0 Å². The normalized spacial score (nSPS) is 12.8. The smallest absolute Gasteiger partial charge is 0.128 e. The molecular weight excluding hydrogens is 349 g/mol. The molecule has 0 N–H and O–H groups in total. The average molecular weight is 357 g/mol. The molecule has 102 valence electrons. The SMILES string of the molecule is Fc1ccc(F)c(C(Br)c2cc3ccc(F)cc3s2)c1. The highest BCUT2D eigenvalue weighted by Gasteiger charge is 2.18. The van der Waals surface area contributed by atoms with Gasteiger partial charge in [-0.3, -0.25) is 0 Å². The molecule has 1 atom stereocenters. The predicted molar refractivity (Wildman–Crippen MR) is 78.9 cm³/mol. The fourth-order valence-electron chi connectivity index (χ4n) is 2.01. The van der Waals surface area contributed by atoms with Gasteiger partial charge in [-0.25, -0.2) is 13.2 Å². The maximum Gasteiger partial charge on any atom is 0.128 e. The minimum absolute atomic E-state index is 0.233. The van der Waals surface area contributed by atoms with Gasteiger partial charge >= 0.3 is 0 Å². The molecule has 0 bridgehead atoms. The lowest BCUT2D eigenvalue weighted by atomic mass is 10.1. The van der Waals surface area contributed by atoms with Crippen LogP contribution in [0.25, 0.3) is 10.1 Å². The van der Waals surface area contributed by atoms with Crippen LogP contribution in [0.15, 0.2) is 42.5 Å². The minimum Gasteiger partial charge on any atom is -0.207 e. The van der Waals surface area contributed by atoms with E-state index in [-0.39, 0.29) is 11.4 Å². The molecule has 0 radical (unpaired) electrons. The molecule has 1 aromatic heterocycles. The van der Waals surface area contributed by atoms with Crippen molar-refractivity contribution < 1.29 is 13.2 Å². The lowest BCUT2D eigenvalue weighted by Crippen LogP contribution is -1.95. The largest absolute Gasteiger partial charge is 0.207 e. The van der Waals surface area contributed by atoms with Gasteiger partial charge in [-0.05, 0) is 41.8 Å². The van der Waals surface area contributed by atoms with Crippen LogP contribution in [0.1, 0.15) is 15.3 Å². The monoisotopic (exact) mass is 356 g/mol. The zero-order chi connectivity index (χ0) is 14.3. The Morgan fingerprint density at radius 1 is 0.900 bits per heavy atom. The van der Waals surface area contributed by atoms with Gasteiger partial charge in [0.2, 0.25) is 0 Å². The van der Waals surface area contributed by atoms with Crippen molar-refractivity contribution >= 4 is 37.4 Å². The molecule has 0 nitrogen and oxygen atoms in total. The second-order valence-corrected chi connectivity index (χ2v) is 6.39. The summed E-state index contributed by atoms with van der Waals surface area (Å²) in [6, 6.07) is 9.69. The first-order valence-corrected chi connectivity index (χ1v) is 7.56. The topological polar surface area (TPSA) is 0 Å². The first kappa shape index (κ1) is 13.6. The number of halogens is 4. The molecule has 0 saturated carbocycles. The Bertz CT molecular complexity index is 782. The highest BCUT2D eigenvalue weighted by atomic mass is 79.9. The van der Waals surface area contributed by atoms with E-state index in [9.17, 15) is 13.2 Å². The summed E-state index contributed by atoms with van der Waals surface area (Å²) in [5, 5.41) is 0.882. The number of hydrogen-bond donors (Lipinski definition) is 0. The fraction of sp³-hybridized carbons (Fsp3) is 0.0667. The molecule has 3 rings (SSSR count). The van der Waals surface area contributed by atoms with E-state index in [1.165, 1.54) is 29.5 Å². The Kier molecular flexibility index (Phi) is 3.56. The first-order valence-electron chi connectivity index (χ1n) is 5.82. The summed E-state index contributed by atoms with van der Waals surface area (Å²) in [6.07, 6.45) is 0. The average Bonchev–Trinajstić information content (AvgIpc) is 2.83. The molecule has 5 heteroatoms. The molecule has 0 aliphatic heterocycles. The second-order valence-electron chi connectivity index (χ2n) is 4.36. The van der Waals surface area contributed by atoms with Crippen LogP contribution in [-0.4, -0.2) is 0 Å². The summed E-state index contributed by atoms with van der Waals surface area (Å²) in [7, 11) is 0. The van der Waals surface area contributed by atoms with E-state index in [0.29, 0.717) is 0 Å². The van der Waals surface area contributed by atoms with Crippen molar-refractivity contribution in [3.05, 3.63) is 70.4 Å². The van der Waals surface area contributed by atoms with Gasteiger partial charge in [0.15, 0.2) is 0 Å².